The van der Waals surface area contributed by atoms with E-state index in [9.17, 15) is 9.18 Å². The van der Waals surface area contributed by atoms with Crippen LogP contribution in [0.25, 0.3) is 0 Å². The molecular weight excluding hydrogens is 257 g/mol. The summed E-state index contributed by atoms with van der Waals surface area (Å²) in [4.78, 5) is 10.7. The van der Waals surface area contributed by atoms with Crippen LogP contribution in [0.5, 0.6) is 0 Å². The molecule has 0 fully saturated rings. The van der Waals surface area contributed by atoms with E-state index < -0.39 is 11.8 Å². The minimum atomic E-state index is -1.12. The van der Waals surface area contributed by atoms with Crippen molar-refractivity contribution in [3.8, 4) is 0 Å². The normalized spacial score (nSPS) is 16.1. The van der Waals surface area contributed by atoms with E-state index in [4.69, 9.17) is 5.11 Å². The number of rotatable bonds is 4. The highest BCUT2D eigenvalue weighted by Gasteiger charge is 2.25. The maximum atomic E-state index is 13.8. The second-order valence-electron chi connectivity index (χ2n) is 4.98. The zero-order valence-corrected chi connectivity index (χ0v) is 10.8. The van der Waals surface area contributed by atoms with Gasteiger partial charge in [-0.2, -0.15) is 0 Å². The van der Waals surface area contributed by atoms with Gasteiger partial charge in [-0.3, -0.25) is 0 Å². The number of fused-ring (bicyclic) bond motifs is 1. The first kappa shape index (κ1) is 12.7. The Bertz CT molecular complexity index is 669. The van der Waals surface area contributed by atoms with Crippen molar-refractivity contribution in [2.24, 2.45) is 0 Å². The van der Waals surface area contributed by atoms with E-state index in [0.29, 0.717) is 18.2 Å². The van der Waals surface area contributed by atoms with Gasteiger partial charge in [0, 0.05) is 12.5 Å². The fourth-order valence-corrected chi connectivity index (χ4v) is 2.57. The molecule has 0 saturated carbocycles. The van der Waals surface area contributed by atoms with Crippen molar-refractivity contribution in [3.05, 3.63) is 65.0 Å². The molecule has 20 heavy (non-hydrogen) atoms. The number of aromatic carboxylic acids is 1. The van der Waals surface area contributed by atoms with Crippen molar-refractivity contribution < 1.29 is 14.3 Å². The number of anilines is 1. The van der Waals surface area contributed by atoms with Crippen molar-refractivity contribution in [1.82, 2.24) is 0 Å². The van der Waals surface area contributed by atoms with Crippen LogP contribution in [0, 0.1) is 5.82 Å². The molecule has 0 aliphatic heterocycles. The molecule has 0 heterocycles. The Labute approximate surface area is 116 Å². The molecule has 0 aromatic heterocycles. The summed E-state index contributed by atoms with van der Waals surface area (Å²) < 4.78 is 13.8. The van der Waals surface area contributed by atoms with E-state index in [0.717, 1.165) is 12.5 Å². The van der Waals surface area contributed by atoms with Crippen molar-refractivity contribution >= 4 is 11.7 Å². The summed E-state index contributed by atoms with van der Waals surface area (Å²) in [5.41, 5.74) is 2.96. The van der Waals surface area contributed by atoms with Gasteiger partial charge in [0.1, 0.15) is 5.82 Å². The van der Waals surface area contributed by atoms with Crippen LogP contribution in [0.2, 0.25) is 0 Å². The van der Waals surface area contributed by atoms with E-state index in [-0.39, 0.29) is 5.56 Å². The van der Waals surface area contributed by atoms with Crippen molar-refractivity contribution in [2.45, 2.75) is 12.3 Å². The van der Waals surface area contributed by atoms with E-state index >= 15 is 0 Å². The quantitative estimate of drug-likeness (QED) is 0.897. The first-order valence-electron chi connectivity index (χ1n) is 6.49. The van der Waals surface area contributed by atoms with Crippen molar-refractivity contribution in [2.75, 3.05) is 11.9 Å². The summed E-state index contributed by atoms with van der Waals surface area (Å²) in [6, 6.07) is 12.1. The van der Waals surface area contributed by atoms with E-state index in [1.54, 1.807) is 0 Å². The zero-order chi connectivity index (χ0) is 14.1. The molecule has 1 unspecified atom stereocenters. The third-order valence-electron chi connectivity index (χ3n) is 3.72. The van der Waals surface area contributed by atoms with Crippen molar-refractivity contribution in [1.29, 1.82) is 0 Å². The lowest BCUT2D eigenvalue weighted by Gasteiger charge is -2.30. The number of halogens is 1. The molecule has 0 amide bonds. The molecule has 1 aliphatic rings. The molecule has 1 atom stereocenters. The van der Waals surface area contributed by atoms with Gasteiger partial charge in [0.15, 0.2) is 0 Å². The van der Waals surface area contributed by atoms with Crippen LogP contribution >= 0.6 is 0 Å². The lowest BCUT2D eigenvalue weighted by Crippen LogP contribution is -2.24. The van der Waals surface area contributed by atoms with Crippen LogP contribution in [0.1, 0.15) is 27.4 Å². The standard InChI is InChI=1S/C16H14FNO2/c17-14-8-11(16(19)20)5-6-15(14)18-9-12-7-10-3-1-2-4-13(10)12/h1-6,8,12,18H,7,9H2,(H,19,20). The maximum absolute atomic E-state index is 13.8. The minimum Gasteiger partial charge on any atom is -0.478 e. The van der Waals surface area contributed by atoms with Crippen LogP contribution in [-0.2, 0) is 6.42 Å². The Morgan fingerprint density at radius 1 is 1.30 bits per heavy atom. The van der Waals surface area contributed by atoms with Crippen LogP contribution in [0.15, 0.2) is 42.5 Å². The third-order valence-corrected chi connectivity index (χ3v) is 3.72. The van der Waals surface area contributed by atoms with Gasteiger partial charge in [0.05, 0.1) is 11.3 Å². The highest BCUT2D eigenvalue weighted by atomic mass is 19.1. The van der Waals surface area contributed by atoms with Gasteiger partial charge >= 0.3 is 5.97 Å². The SMILES string of the molecule is O=C(O)c1ccc(NCC2Cc3ccccc32)c(F)c1. The number of carboxylic acid groups (broad SMARTS) is 1. The Morgan fingerprint density at radius 2 is 2.10 bits per heavy atom. The van der Waals surface area contributed by atoms with Gasteiger partial charge in [-0.05, 0) is 35.7 Å². The van der Waals surface area contributed by atoms with Crippen LogP contribution in [0.4, 0.5) is 10.1 Å². The largest absolute Gasteiger partial charge is 0.478 e. The van der Waals surface area contributed by atoms with E-state index in [2.05, 4.69) is 17.4 Å². The second-order valence-corrected chi connectivity index (χ2v) is 4.98. The van der Waals surface area contributed by atoms with Gasteiger partial charge in [-0.15, -0.1) is 0 Å². The summed E-state index contributed by atoms with van der Waals surface area (Å²) in [6.07, 6.45) is 0.998. The predicted molar refractivity (Wildman–Crippen MR) is 74.7 cm³/mol. The van der Waals surface area contributed by atoms with E-state index in [1.165, 1.54) is 23.3 Å². The molecule has 1 aliphatic carbocycles. The molecule has 2 N–H and O–H groups in total. The van der Waals surface area contributed by atoms with Crippen LogP contribution in [0.3, 0.4) is 0 Å². The minimum absolute atomic E-state index is 0.0398. The maximum Gasteiger partial charge on any atom is 0.335 e. The topological polar surface area (TPSA) is 49.3 Å². The van der Waals surface area contributed by atoms with Gasteiger partial charge in [-0.25, -0.2) is 9.18 Å². The molecule has 3 nitrogen and oxygen atoms in total. The number of nitrogens with one attached hydrogen (secondary N) is 1. The Hall–Kier alpha value is -2.36. The lowest BCUT2D eigenvalue weighted by molar-refractivity contribution is 0.0696. The highest BCUT2D eigenvalue weighted by molar-refractivity contribution is 5.88. The average Bonchev–Trinajstić information content (AvgIpc) is 2.41. The average molecular weight is 271 g/mol. The first-order valence-corrected chi connectivity index (χ1v) is 6.49. The molecule has 3 rings (SSSR count). The summed E-state index contributed by atoms with van der Waals surface area (Å²) in [5, 5.41) is 11.8. The Morgan fingerprint density at radius 3 is 2.80 bits per heavy atom. The molecule has 0 spiro atoms. The smallest absolute Gasteiger partial charge is 0.335 e. The number of hydrogen-bond acceptors (Lipinski definition) is 2. The van der Waals surface area contributed by atoms with Crippen LogP contribution in [-0.4, -0.2) is 17.6 Å². The molecule has 0 saturated heterocycles. The zero-order valence-electron chi connectivity index (χ0n) is 10.8. The molecular formula is C16H14FNO2. The summed E-state index contributed by atoms with van der Waals surface area (Å²) >= 11 is 0. The molecule has 2 aromatic carbocycles. The molecule has 102 valence electrons. The molecule has 4 heteroatoms. The second kappa shape index (κ2) is 4.96. The first-order chi connectivity index (χ1) is 9.65. The predicted octanol–water partition coefficient (Wildman–Crippen LogP) is 3.28. The van der Waals surface area contributed by atoms with Crippen molar-refractivity contribution in [3.63, 3.8) is 0 Å². The van der Waals surface area contributed by atoms with Gasteiger partial charge < -0.3 is 10.4 Å². The van der Waals surface area contributed by atoms with Gasteiger partial charge in [-0.1, -0.05) is 24.3 Å². The third kappa shape index (κ3) is 2.25. The fourth-order valence-electron chi connectivity index (χ4n) is 2.57. The number of carbonyl (C=O) groups is 1. The summed E-state index contributed by atoms with van der Waals surface area (Å²) in [5.74, 6) is -1.26. The number of benzene rings is 2. The lowest BCUT2D eigenvalue weighted by atomic mass is 9.77. The number of carboxylic acids is 1. The fraction of sp³-hybridized carbons (Fsp3) is 0.188. The van der Waals surface area contributed by atoms with Gasteiger partial charge in [0.25, 0.3) is 0 Å². The Balaban J connectivity index is 1.67. The molecule has 0 radical (unpaired) electrons. The monoisotopic (exact) mass is 271 g/mol. The van der Waals surface area contributed by atoms with Gasteiger partial charge in [0.2, 0.25) is 0 Å². The highest BCUT2D eigenvalue weighted by Crippen LogP contribution is 2.34. The Kier molecular flexibility index (Phi) is 3.14. The molecule has 0 bridgehead atoms. The summed E-state index contributed by atoms with van der Waals surface area (Å²) in [7, 11) is 0. The molecule has 2 aromatic rings. The summed E-state index contributed by atoms with van der Waals surface area (Å²) in [6.45, 7) is 0.653. The van der Waals surface area contributed by atoms with E-state index in [1.807, 2.05) is 12.1 Å². The number of hydrogen-bond donors (Lipinski definition) is 2. The van der Waals surface area contributed by atoms with Crippen LogP contribution < -0.4 is 5.32 Å².